The highest BCUT2D eigenvalue weighted by molar-refractivity contribution is 5.87. The molecule has 0 radical (unpaired) electrons. The van der Waals surface area contributed by atoms with Crippen LogP contribution in [0.5, 0.6) is 0 Å². The van der Waals surface area contributed by atoms with E-state index in [4.69, 9.17) is 0 Å². The van der Waals surface area contributed by atoms with E-state index in [1.54, 1.807) is 6.92 Å². The number of nitrogens with one attached hydrogen (secondary N) is 1. The molecule has 0 saturated carbocycles. The quantitative estimate of drug-likeness (QED) is 0.424. The smallest absolute Gasteiger partial charge is 0.229 e. The van der Waals surface area contributed by atoms with Gasteiger partial charge in [0, 0.05) is 69.5 Å². The second-order valence-electron chi connectivity index (χ2n) is 9.74. The van der Waals surface area contributed by atoms with Crippen LogP contribution in [-0.2, 0) is 18.4 Å². The van der Waals surface area contributed by atoms with Gasteiger partial charge in [0.1, 0.15) is 11.5 Å². The number of pyridine rings is 1. The van der Waals surface area contributed by atoms with Crippen LogP contribution >= 0.6 is 0 Å². The van der Waals surface area contributed by atoms with Crippen molar-refractivity contribution in [3.8, 4) is 11.3 Å². The lowest BCUT2D eigenvalue weighted by Crippen LogP contribution is -2.47. The molecule has 0 bridgehead atoms. The molecule has 1 aliphatic rings. The molecule has 192 valence electrons. The van der Waals surface area contributed by atoms with E-state index in [1.807, 2.05) is 53.2 Å². The third-order valence-electron chi connectivity index (χ3n) is 6.73. The number of carbonyl (C=O) groups is 1. The largest absolute Gasteiger partial charge is 0.340 e. The van der Waals surface area contributed by atoms with Crippen LogP contribution in [0.3, 0.4) is 0 Å². The van der Waals surface area contributed by atoms with Gasteiger partial charge in [-0.15, -0.1) is 0 Å². The third kappa shape index (κ3) is 5.29. The summed E-state index contributed by atoms with van der Waals surface area (Å²) in [6.07, 6.45) is 2.99. The molecule has 0 aliphatic carbocycles. The Kier molecular flexibility index (Phi) is 6.84. The van der Waals surface area contributed by atoms with Gasteiger partial charge >= 0.3 is 0 Å². The van der Waals surface area contributed by atoms with Gasteiger partial charge in [0.05, 0.1) is 11.7 Å². The fourth-order valence-corrected chi connectivity index (χ4v) is 4.87. The molecule has 0 spiro atoms. The molecule has 9 nitrogen and oxygen atoms in total. The maximum atomic E-state index is 14.8. The van der Waals surface area contributed by atoms with Gasteiger partial charge in [-0.25, -0.2) is 19.3 Å². The minimum Gasteiger partial charge on any atom is -0.340 e. The molecule has 10 heteroatoms. The van der Waals surface area contributed by atoms with Crippen LogP contribution < -0.4 is 5.32 Å². The predicted octanol–water partition coefficient (Wildman–Crippen LogP) is 4.10. The lowest BCUT2D eigenvalue weighted by molar-refractivity contribution is -0.130. The Morgan fingerprint density at radius 3 is 2.54 bits per heavy atom. The van der Waals surface area contributed by atoms with Gasteiger partial charge < -0.3 is 10.2 Å². The first kappa shape index (κ1) is 24.8. The van der Waals surface area contributed by atoms with Gasteiger partial charge in [-0.3, -0.25) is 14.4 Å². The summed E-state index contributed by atoms with van der Waals surface area (Å²) < 4.78 is 16.7. The maximum absolute atomic E-state index is 14.8. The zero-order valence-electron chi connectivity index (χ0n) is 21.6. The molecule has 4 heterocycles. The fraction of sp³-hybridized carbons (Fsp3) is 0.370. The number of aromatic nitrogens is 5. The van der Waals surface area contributed by atoms with Crippen molar-refractivity contribution in [2.24, 2.45) is 7.05 Å². The first-order chi connectivity index (χ1) is 17.8. The standard InChI is InChI=1S/C27H31FN8O/c1-17(2)26-21-13-20(6-7-23(21)33-34(26)4)25-22(28)15-30-27(32-25)31-24-8-5-19(14-29-24)16-35-9-11-36(12-10-35)18(3)37/h5-8,13-15,17H,9-12,16H2,1-4H3,(H,29,30,31,32). The Balaban J connectivity index is 1.30. The number of carbonyl (C=O) groups excluding carboxylic acids is 1. The van der Waals surface area contributed by atoms with Crippen LogP contribution in [-0.4, -0.2) is 66.6 Å². The van der Waals surface area contributed by atoms with Crippen molar-refractivity contribution in [2.75, 3.05) is 31.5 Å². The molecular formula is C27H31FN8O. The molecule has 3 aromatic heterocycles. The van der Waals surface area contributed by atoms with Crippen molar-refractivity contribution in [3.05, 3.63) is 59.8 Å². The summed E-state index contributed by atoms with van der Waals surface area (Å²) >= 11 is 0. The molecule has 37 heavy (non-hydrogen) atoms. The van der Waals surface area contributed by atoms with E-state index < -0.39 is 5.82 Å². The highest BCUT2D eigenvalue weighted by atomic mass is 19.1. The summed E-state index contributed by atoms with van der Waals surface area (Å²) in [5.74, 6) is 0.755. The molecule has 0 unspecified atom stereocenters. The topological polar surface area (TPSA) is 92.1 Å². The second-order valence-corrected chi connectivity index (χ2v) is 9.74. The molecule has 1 aromatic carbocycles. The summed E-state index contributed by atoms with van der Waals surface area (Å²) in [5, 5.41) is 8.65. The monoisotopic (exact) mass is 502 g/mol. The molecule has 1 saturated heterocycles. The average molecular weight is 503 g/mol. The van der Waals surface area contributed by atoms with Crippen molar-refractivity contribution >= 4 is 28.6 Å². The average Bonchev–Trinajstić information content (AvgIpc) is 3.22. The summed E-state index contributed by atoms with van der Waals surface area (Å²) in [6.45, 7) is 9.79. The number of nitrogens with zero attached hydrogens (tertiary/aromatic N) is 7. The number of hydrogen-bond acceptors (Lipinski definition) is 7. The van der Waals surface area contributed by atoms with Crippen LogP contribution in [0.1, 0.15) is 37.9 Å². The van der Waals surface area contributed by atoms with Crippen LogP contribution in [0, 0.1) is 5.82 Å². The highest BCUT2D eigenvalue weighted by Crippen LogP contribution is 2.30. The number of rotatable bonds is 6. The SMILES string of the molecule is CC(=O)N1CCN(Cc2ccc(Nc3ncc(F)c(-c4ccc5nn(C)c(C(C)C)c5c4)n3)nc2)CC1. The first-order valence-corrected chi connectivity index (χ1v) is 12.5. The Labute approximate surface area is 215 Å². The number of aryl methyl sites for hydroxylation is 1. The Bertz CT molecular complexity index is 1420. The maximum Gasteiger partial charge on any atom is 0.229 e. The summed E-state index contributed by atoms with van der Waals surface area (Å²) in [4.78, 5) is 28.8. The number of fused-ring (bicyclic) bond motifs is 1. The van der Waals surface area contributed by atoms with Crippen molar-refractivity contribution in [1.29, 1.82) is 0 Å². The van der Waals surface area contributed by atoms with E-state index in [2.05, 4.69) is 44.1 Å². The van der Waals surface area contributed by atoms with Crippen molar-refractivity contribution in [3.63, 3.8) is 0 Å². The Morgan fingerprint density at radius 2 is 1.86 bits per heavy atom. The number of halogens is 1. The van der Waals surface area contributed by atoms with Gasteiger partial charge in [-0.1, -0.05) is 26.0 Å². The summed E-state index contributed by atoms with van der Waals surface area (Å²) in [6, 6.07) is 9.53. The van der Waals surface area contributed by atoms with Gasteiger partial charge in [0.15, 0.2) is 5.82 Å². The minimum atomic E-state index is -0.493. The highest BCUT2D eigenvalue weighted by Gasteiger charge is 2.19. The molecule has 1 aliphatic heterocycles. The zero-order chi connectivity index (χ0) is 26.1. The lowest BCUT2D eigenvalue weighted by Gasteiger charge is -2.34. The zero-order valence-corrected chi connectivity index (χ0v) is 21.6. The minimum absolute atomic E-state index is 0.126. The number of amides is 1. The van der Waals surface area contributed by atoms with Crippen molar-refractivity contribution in [1.82, 2.24) is 34.5 Å². The Morgan fingerprint density at radius 1 is 1.08 bits per heavy atom. The number of benzene rings is 1. The molecule has 1 N–H and O–H groups in total. The third-order valence-corrected chi connectivity index (χ3v) is 6.73. The molecule has 4 aromatic rings. The molecular weight excluding hydrogens is 471 g/mol. The summed E-state index contributed by atoms with van der Waals surface area (Å²) in [5.41, 5.74) is 3.92. The van der Waals surface area contributed by atoms with E-state index in [1.165, 1.54) is 6.20 Å². The van der Waals surface area contributed by atoms with Crippen molar-refractivity contribution < 1.29 is 9.18 Å². The van der Waals surface area contributed by atoms with Gasteiger partial charge in [0.25, 0.3) is 0 Å². The fourth-order valence-electron chi connectivity index (χ4n) is 4.87. The van der Waals surface area contributed by atoms with Gasteiger partial charge in [-0.2, -0.15) is 5.10 Å². The van der Waals surface area contributed by atoms with Crippen LogP contribution in [0.15, 0.2) is 42.7 Å². The van der Waals surface area contributed by atoms with E-state index in [9.17, 15) is 9.18 Å². The summed E-state index contributed by atoms with van der Waals surface area (Å²) in [7, 11) is 1.93. The number of piperazine rings is 1. The lowest BCUT2D eigenvalue weighted by atomic mass is 10.0. The van der Waals surface area contributed by atoms with E-state index in [0.29, 0.717) is 11.4 Å². The van der Waals surface area contributed by atoms with E-state index >= 15 is 0 Å². The van der Waals surface area contributed by atoms with E-state index in [-0.39, 0.29) is 23.5 Å². The van der Waals surface area contributed by atoms with Gasteiger partial charge in [-0.05, 0) is 29.7 Å². The Hall–Kier alpha value is -3.92. The van der Waals surface area contributed by atoms with Crippen molar-refractivity contribution in [2.45, 2.75) is 33.2 Å². The molecule has 0 atom stereocenters. The normalized spacial score (nSPS) is 14.5. The number of anilines is 2. The molecule has 1 amide bonds. The molecule has 1 fully saturated rings. The van der Waals surface area contributed by atoms with Gasteiger partial charge in [0.2, 0.25) is 11.9 Å². The molecule has 5 rings (SSSR count). The first-order valence-electron chi connectivity index (χ1n) is 12.5. The van der Waals surface area contributed by atoms with Crippen LogP contribution in [0.2, 0.25) is 0 Å². The second kappa shape index (κ2) is 10.2. The van der Waals surface area contributed by atoms with Crippen LogP contribution in [0.4, 0.5) is 16.2 Å². The van der Waals surface area contributed by atoms with Crippen LogP contribution in [0.25, 0.3) is 22.2 Å². The number of hydrogen-bond donors (Lipinski definition) is 1. The predicted molar refractivity (Wildman–Crippen MR) is 141 cm³/mol. The van der Waals surface area contributed by atoms with E-state index in [0.717, 1.165) is 54.9 Å².